The summed E-state index contributed by atoms with van der Waals surface area (Å²) < 4.78 is 84.7. The molecule has 0 unspecified atom stereocenters. The fourth-order valence-corrected chi connectivity index (χ4v) is 5.59. The third kappa shape index (κ3) is 11.3. The number of hydrogen-bond donors (Lipinski definition) is 5. The zero-order chi connectivity index (χ0) is 35.2. The van der Waals surface area contributed by atoms with Crippen LogP contribution in [0.5, 0.6) is 18.0 Å². The van der Waals surface area contributed by atoms with Gasteiger partial charge in [0.15, 0.2) is 0 Å². The van der Waals surface area contributed by atoms with Gasteiger partial charge in [0.25, 0.3) is 20.2 Å². The quantitative estimate of drug-likeness (QED) is 0.0657. The number of methoxy groups -OCH3 is 3. The number of nitrogens with zero attached hydrogens (tertiary/aromatic N) is 6. The Balaban J connectivity index is 0.00000351. The van der Waals surface area contributed by atoms with E-state index in [4.69, 9.17) is 14.2 Å². The molecule has 5 aromatic rings. The molecule has 5 rings (SSSR count). The molecular weight excluding hydrogens is 728 g/mol. The second kappa shape index (κ2) is 18.0. The van der Waals surface area contributed by atoms with Crippen LogP contribution in [0.2, 0.25) is 0 Å². The fourth-order valence-electron chi connectivity index (χ4n) is 4.17. The van der Waals surface area contributed by atoms with E-state index >= 15 is 0 Å². The largest absolute Gasteiger partial charge is 0.467 e. The van der Waals surface area contributed by atoms with Crippen molar-refractivity contribution in [2.75, 3.05) is 37.3 Å². The summed E-state index contributed by atoms with van der Waals surface area (Å²) in [6, 6.07) is 16.8. The Labute approximate surface area is 336 Å². The van der Waals surface area contributed by atoms with Crippen molar-refractivity contribution in [1.29, 1.82) is 0 Å². The predicted octanol–water partition coefficient (Wildman–Crippen LogP) is 3.22. The molecule has 2 aromatic heterocycles. The first kappa shape index (κ1) is 41.5. The average Bonchev–Trinajstić information content (AvgIpc) is 3.07. The molecule has 51 heavy (non-hydrogen) atoms. The maximum absolute atomic E-state index is 12.4. The summed E-state index contributed by atoms with van der Waals surface area (Å²) >= 11 is 0. The summed E-state index contributed by atoms with van der Waals surface area (Å²) in [5.41, 5.74) is 0.993. The van der Waals surface area contributed by atoms with E-state index in [-0.39, 0.29) is 117 Å². The molecule has 0 aliphatic carbocycles. The van der Waals surface area contributed by atoms with Gasteiger partial charge in [-0.2, -0.15) is 41.8 Å². The molecule has 18 nitrogen and oxygen atoms in total. The molecule has 0 aliphatic rings. The first-order valence-corrected chi connectivity index (χ1v) is 16.6. The fraction of sp³-hybridized carbons (Fsp3) is 0.103. The SMILES string of the molecule is COc1nc(Nc2ccccc2)nc(Nc2ccc(C=Cc3ccc(Nc4nc(OC)nc(OC)n4)cc3S(=O)(=O)O)c(S(=O)(=O)O)c2)n1.[Na].[Na]. The van der Waals surface area contributed by atoms with Crippen LogP contribution in [0.3, 0.4) is 0 Å². The van der Waals surface area contributed by atoms with Gasteiger partial charge in [-0.3, -0.25) is 9.11 Å². The van der Waals surface area contributed by atoms with Crippen LogP contribution in [-0.4, -0.2) is 136 Å². The molecular formula is C29H27N9Na2O9S2. The second-order valence-corrected chi connectivity index (χ2v) is 12.4. The first-order chi connectivity index (χ1) is 23.3. The third-order valence-corrected chi connectivity index (χ3v) is 8.14. The zero-order valence-corrected chi connectivity index (χ0v) is 33.4. The van der Waals surface area contributed by atoms with Crippen LogP contribution in [0.4, 0.5) is 34.9 Å². The van der Waals surface area contributed by atoms with Crippen molar-refractivity contribution < 1.29 is 40.2 Å². The monoisotopic (exact) mass is 755 g/mol. The van der Waals surface area contributed by atoms with Crippen LogP contribution in [0.1, 0.15) is 11.1 Å². The Hall–Kier alpha value is -3.96. The minimum atomic E-state index is -4.80. The Morgan fingerprint density at radius 3 is 1.29 bits per heavy atom. The number of aromatic nitrogens is 6. The molecule has 0 amide bonds. The van der Waals surface area contributed by atoms with Crippen LogP contribution in [0, 0.1) is 0 Å². The zero-order valence-electron chi connectivity index (χ0n) is 27.8. The van der Waals surface area contributed by atoms with Gasteiger partial charge in [0.1, 0.15) is 9.79 Å². The van der Waals surface area contributed by atoms with Crippen LogP contribution in [0.15, 0.2) is 76.5 Å². The van der Waals surface area contributed by atoms with E-state index < -0.39 is 30.0 Å². The predicted molar refractivity (Wildman–Crippen MR) is 189 cm³/mol. The molecule has 0 spiro atoms. The molecule has 2 heterocycles. The Bertz CT molecular complexity index is 2230. The number of anilines is 6. The Morgan fingerprint density at radius 2 is 0.902 bits per heavy atom. The van der Waals surface area contributed by atoms with Crippen LogP contribution < -0.4 is 30.2 Å². The Kier molecular flexibility index (Phi) is 14.6. The molecule has 3 aromatic carbocycles. The van der Waals surface area contributed by atoms with E-state index in [0.717, 1.165) is 12.1 Å². The van der Waals surface area contributed by atoms with Gasteiger partial charge in [-0.15, -0.1) is 4.98 Å². The number of ether oxygens (including phenoxy) is 3. The van der Waals surface area contributed by atoms with Crippen molar-refractivity contribution in [3.63, 3.8) is 0 Å². The molecule has 0 bridgehead atoms. The summed E-state index contributed by atoms with van der Waals surface area (Å²) in [6.45, 7) is 0. The smallest absolute Gasteiger partial charge is 0.324 e. The maximum Gasteiger partial charge on any atom is 0.324 e. The molecule has 0 atom stereocenters. The van der Waals surface area contributed by atoms with E-state index in [1.807, 2.05) is 18.2 Å². The van der Waals surface area contributed by atoms with Crippen LogP contribution in [-0.2, 0) is 20.2 Å². The number of benzene rings is 3. The van der Waals surface area contributed by atoms with Gasteiger partial charge in [0.05, 0.1) is 21.3 Å². The topological polar surface area (TPSA) is 250 Å². The Morgan fingerprint density at radius 1 is 0.529 bits per heavy atom. The van der Waals surface area contributed by atoms with Gasteiger partial charge < -0.3 is 30.2 Å². The van der Waals surface area contributed by atoms with Gasteiger partial charge in [0.2, 0.25) is 17.8 Å². The summed E-state index contributed by atoms with van der Waals surface area (Å²) in [7, 11) is -5.56. The number of rotatable bonds is 13. The van der Waals surface area contributed by atoms with Crippen molar-refractivity contribution in [3.05, 3.63) is 77.9 Å². The molecule has 0 fully saturated rings. The van der Waals surface area contributed by atoms with E-state index in [0.29, 0.717) is 5.69 Å². The minimum Gasteiger partial charge on any atom is -0.467 e. The summed E-state index contributed by atoms with van der Waals surface area (Å²) in [6.07, 6.45) is 2.50. The van der Waals surface area contributed by atoms with Crippen molar-refractivity contribution in [2.45, 2.75) is 9.79 Å². The van der Waals surface area contributed by atoms with E-state index in [9.17, 15) is 25.9 Å². The van der Waals surface area contributed by atoms with Crippen molar-refractivity contribution >= 4 is 126 Å². The third-order valence-electron chi connectivity index (χ3n) is 6.32. The van der Waals surface area contributed by atoms with Crippen LogP contribution >= 0.6 is 0 Å². The number of nitrogens with one attached hydrogen (secondary N) is 3. The molecule has 0 saturated heterocycles. The van der Waals surface area contributed by atoms with Crippen molar-refractivity contribution in [3.8, 4) is 18.0 Å². The summed E-state index contributed by atoms with van der Waals surface area (Å²) in [5, 5.41) is 8.65. The molecule has 0 saturated carbocycles. The maximum atomic E-state index is 12.4. The number of hydrogen-bond acceptors (Lipinski definition) is 16. The molecule has 0 aliphatic heterocycles. The standard InChI is InChI=1S/C29H27N9O9S2.2Na/c1-45-27-34-24(30-19-7-5-4-6-8-19)33-25(35-27)31-20-13-11-17(22(15-20)48(39,40)41)9-10-18-12-14-21(16-23(18)49(42,43)44)32-26-36-28(46-2)38-29(37-26)47-3;;/h4-16H,1-3H3,(H,39,40,41)(H,42,43,44)(H,32,36,37,38)(H2,30,31,33,34,35);;. The van der Waals surface area contributed by atoms with E-state index in [1.165, 1.54) is 57.7 Å². The minimum absolute atomic E-state index is 0. The summed E-state index contributed by atoms with van der Waals surface area (Å²) in [5.74, 6) is 0.0909. The van der Waals surface area contributed by atoms with Gasteiger partial charge in [-0.1, -0.05) is 42.5 Å². The van der Waals surface area contributed by atoms with E-state index in [2.05, 4.69) is 45.9 Å². The van der Waals surface area contributed by atoms with Crippen molar-refractivity contribution in [2.24, 2.45) is 0 Å². The van der Waals surface area contributed by atoms with E-state index in [1.54, 1.807) is 12.1 Å². The van der Waals surface area contributed by atoms with Crippen molar-refractivity contribution in [1.82, 2.24) is 29.9 Å². The normalized spacial score (nSPS) is 11.2. The average molecular weight is 756 g/mol. The van der Waals surface area contributed by atoms with Gasteiger partial charge in [-0.05, 0) is 47.5 Å². The molecule has 256 valence electrons. The van der Waals surface area contributed by atoms with Crippen LogP contribution in [0.25, 0.3) is 12.2 Å². The van der Waals surface area contributed by atoms with Gasteiger partial charge >= 0.3 is 18.0 Å². The van der Waals surface area contributed by atoms with Gasteiger partial charge in [0, 0.05) is 76.2 Å². The summed E-state index contributed by atoms with van der Waals surface area (Å²) in [4.78, 5) is 23.4. The molecule has 5 N–H and O–H groups in total. The number of para-hydroxylation sites is 1. The van der Waals surface area contributed by atoms with Gasteiger partial charge in [-0.25, -0.2) is 0 Å². The molecule has 2 radical (unpaired) electrons. The second-order valence-electron chi connectivity index (χ2n) is 9.63. The molecule has 22 heteroatoms. The first-order valence-electron chi connectivity index (χ1n) is 13.8.